The summed E-state index contributed by atoms with van der Waals surface area (Å²) in [5, 5.41) is 2.86. The first-order chi connectivity index (χ1) is 9.20. The maximum Gasteiger partial charge on any atom is 0.333 e. The van der Waals surface area contributed by atoms with Gasteiger partial charge in [-0.3, -0.25) is 0 Å². The third-order valence-electron chi connectivity index (χ3n) is 2.58. The molecular formula is C14H13FN2O2. The molecule has 0 amide bonds. The molecule has 4 nitrogen and oxygen atoms in total. The minimum atomic E-state index is -0.722. The molecule has 2 rings (SSSR count). The Bertz CT molecular complexity index is 560. The van der Waals surface area contributed by atoms with Crippen LogP contribution < -0.4 is 5.32 Å². The predicted molar refractivity (Wildman–Crippen MR) is 69.0 cm³/mol. The normalized spacial score (nSPS) is 11.7. The van der Waals surface area contributed by atoms with Gasteiger partial charge in [-0.15, -0.1) is 0 Å². The first-order valence-electron chi connectivity index (χ1n) is 5.72. The van der Waals surface area contributed by atoms with E-state index in [9.17, 15) is 9.18 Å². The Kier molecular flexibility index (Phi) is 4.07. The molecule has 1 unspecified atom stereocenters. The number of nitrogens with one attached hydrogen (secondary N) is 1. The van der Waals surface area contributed by atoms with Gasteiger partial charge >= 0.3 is 5.97 Å². The number of ether oxygens (including phenoxy) is 1. The number of anilines is 1. The number of hydrogen-bond donors (Lipinski definition) is 1. The Balaban J connectivity index is 2.27. The van der Waals surface area contributed by atoms with Gasteiger partial charge in [0.2, 0.25) is 5.95 Å². The van der Waals surface area contributed by atoms with E-state index in [2.05, 4.69) is 10.3 Å². The third kappa shape index (κ3) is 3.28. The number of benzene rings is 1. The number of carbonyl (C=O) groups is 1. The Morgan fingerprint density at radius 1 is 1.21 bits per heavy atom. The van der Waals surface area contributed by atoms with Crippen molar-refractivity contribution in [1.29, 1.82) is 0 Å². The second-order valence-corrected chi connectivity index (χ2v) is 3.86. The van der Waals surface area contributed by atoms with Crippen molar-refractivity contribution in [3.8, 4) is 0 Å². The number of halogens is 1. The predicted octanol–water partition coefficient (Wildman–Crippen LogP) is 2.55. The fourth-order valence-electron chi connectivity index (χ4n) is 1.68. The highest BCUT2D eigenvalue weighted by molar-refractivity contribution is 5.80. The quantitative estimate of drug-likeness (QED) is 0.678. The molecule has 0 saturated heterocycles. The van der Waals surface area contributed by atoms with Crippen molar-refractivity contribution in [2.45, 2.75) is 6.04 Å². The molecule has 1 atom stereocenters. The molecule has 1 heterocycles. The van der Waals surface area contributed by atoms with Crippen molar-refractivity contribution in [2.75, 3.05) is 12.4 Å². The number of esters is 1. The van der Waals surface area contributed by atoms with Crippen molar-refractivity contribution in [3.63, 3.8) is 0 Å². The van der Waals surface area contributed by atoms with Gasteiger partial charge in [-0.1, -0.05) is 36.4 Å². The van der Waals surface area contributed by atoms with Crippen LogP contribution in [0, 0.1) is 5.95 Å². The minimum Gasteiger partial charge on any atom is -0.467 e. The van der Waals surface area contributed by atoms with Gasteiger partial charge in [0.25, 0.3) is 0 Å². The van der Waals surface area contributed by atoms with Crippen LogP contribution in [-0.2, 0) is 9.53 Å². The highest BCUT2D eigenvalue weighted by Crippen LogP contribution is 2.19. The van der Waals surface area contributed by atoms with Crippen LogP contribution in [0.15, 0.2) is 48.5 Å². The first kappa shape index (κ1) is 13.0. The molecule has 0 saturated carbocycles. The summed E-state index contributed by atoms with van der Waals surface area (Å²) in [6.45, 7) is 0. The summed E-state index contributed by atoms with van der Waals surface area (Å²) in [6.07, 6.45) is 0. The Labute approximate surface area is 110 Å². The summed E-state index contributed by atoms with van der Waals surface area (Å²) >= 11 is 0. The number of pyridine rings is 1. The summed E-state index contributed by atoms with van der Waals surface area (Å²) in [5.74, 6) is -0.793. The Hall–Kier alpha value is -2.43. The van der Waals surface area contributed by atoms with Gasteiger partial charge in [-0.2, -0.15) is 4.39 Å². The number of rotatable bonds is 4. The molecule has 0 aliphatic heterocycles. The van der Waals surface area contributed by atoms with Gasteiger partial charge < -0.3 is 10.1 Å². The summed E-state index contributed by atoms with van der Waals surface area (Å²) in [5.41, 5.74) is 0.723. The molecule has 5 heteroatoms. The molecule has 1 aromatic carbocycles. The van der Waals surface area contributed by atoms with Crippen molar-refractivity contribution < 1.29 is 13.9 Å². The maximum absolute atomic E-state index is 13.0. The first-order valence-corrected chi connectivity index (χ1v) is 5.72. The van der Waals surface area contributed by atoms with E-state index in [0.717, 1.165) is 5.56 Å². The summed E-state index contributed by atoms with van der Waals surface area (Å²) < 4.78 is 17.8. The van der Waals surface area contributed by atoms with E-state index in [1.54, 1.807) is 18.2 Å². The monoisotopic (exact) mass is 260 g/mol. The van der Waals surface area contributed by atoms with Gasteiger partial charge in [0, 0.05) is 0 Å². The number of nitrogens with zero attached hydrogens (tertiary/aromatic N) is 1. The summed E-state index contributed by atoms with van der Waals surface area (Å²) in [7, 11) is 1.30. The smallest absolute Gasteiger partial charge is 0.333 e. The average Bonchev–Trinajstić information content (AvgIpc) is 2.45. The minimum absolute atomic E-state index is 0.277. The van der Waals surface area contributed by atoms with Crippen molar-refractivity contribution in [3.05, 3.63) is 60.0 Å². The zero-order valence-electron chi connectivity index (χ0n) is 10.3. The van der Waals surface area contributed by atoms with Crippen LogP contribution in [0.1, 0.15) is 11.6 Å². The largest absolute Gasteiger partial charge is 0.467 e. The molecule has 0 spiro atoms. The van der Waals surface area contributed by atoms with Crippen molar-refractivity contribution in [1.82, 2.24) is 4.98 Å². The Morgan fingerprint density at radius 2 is 1.95 bits per heavy atom. The van der Waals surface area contributed by atoms with E-state index in [4.69, 9.17) is 4.74 Å². The van der Waals surface area contributed by atoms with E-state index in [1.807, 2.05) is 18.2 Å². The van der Waals surface area contributed by atoms with E-state index in [-0.39, 0.29) is 5.82 Å². The maximum atomic E-state index is 13.0. The number of methoxy groups -OCH3 is 1. The average molecular weight is 260 g/mol. The molecule has 2 aromatic rings. The fraction of sp³-hybridized carbons (Fsp3) is 0.143. The molecule has 0 aliphatic carbocycles. The lowest BCUT2D eigenvalue weighted by atomic mass is 10.1. The number of carbonyl (C=O) groups excluding carboxylic acids is 1. The number of aromatic nitrogens is 1. The lowest BCUT2D eigenvalue weighted by Crippen LogP contribution is -2.22. The molecule has 19 heavy (non-hydrogen) atoms. The molecular weight excluding hydrogens is 247 g/mol. The molecule has 0 bridgehead atoms. The van der Waals surface area contributed by atoms with Crippen LogP contribution >= 0.6 is 0 Å². The highest BCUT2D eigenvalue weighted by atomic mass is 19.1. The van der Waals surface area contributed by atoms with Crippen LogP contribution in [0.5, 0.6) is 0 Å². The number of hydrogen-bond acceptors (Lipinski definition) is 4. The lowest BCUT2D eigenvalue weighted by Gasteiger charge is -2.17. The van der Waals surface area contributed by atoms with E-state index in [1.165, 1.54) is 19.2 Å². The van der Waals surface area contributed by atoms with E-state index in [0.29, 0.717) is 0 Å². The van der Waals surface area contributed by atoms with Crippen molar-refractivity contribution in [2.24, 2.45) is 0 Å². The van der Waals surface area contributed by atoms with Crippen LogP contribution in [0.4, 0.5) is 10.2 Å². The van der Waals surface area contributed by atoms with Crippen LogP contribution in [0.25, 0.3) is 0 Å². The zero-order valence-corrected chi connectivity index (χ0v) is 10.3. The molecule has 98 valence electrons. The van der Waals surface area contributed by atoms with Crippen molar-refractivity contribution >= 4 is 11.8 Å². The van der Waals surface area contributed by atoms with E-state index < -0.39 is 18.0 Å². The SMILES string of the molecule is COC(=O)C(Nc1cccc(F)n1)c1ccccc1. The summed E-state index contributed by atoms with van der Waals surface area (Å²) in [4.78, 5) is 15.5. The van der Waals surface area contributed by atoms with Crippen LogP contribution in [0.2, 0.25) is 0 Å². The van der Waals surface area contributed by atoms with E-state index >= 15 is 0 Å². The lowest BCUT2D eigenvalue weighted by molar-refractivity contribution is -0.141. The van der Waals surface area contributed by atoms with Gasteiger partial charge in [0.15, 0.2) is 6.04 Å². The second kappa shape index (κ2) is 5.95. The highest BCUT2D eigenvalue weighted by Gasteiger charge is 2.21. The molecule has 0 aliphatic rings. The van der Waals surface area contributed by atoms with Gasteiger partial charge in [-0.25, -0.2) is 9.78 Å². The molecule has 1 N–H and O–H groups in total. The van der Waals surface area contributed by atoms with Gasteiger partial charge in [-0.05, 0) is 17.7 Å². The molecule has 0 fully saturated rings. The van der Waals surface area contributed by atoms with Crippen LogP contribution in [-0.4, -0.2) is 18.1 Å². The Morgan fingerprint density at radius 3 is 2.58 bits per heavy atom. The zero-order chi connectivity index (χ0) is 13.7. The summed E-state index contributed by atoms with van der Waals surface area (Å²) in [6, 6.07) is 12.7. The second-order valence-electron chi connectivity index (χ2n) is 3.86. The standard InChI is InChI=1S/C14H13FN2O2/c1-19-14(18)13(10-6-3-2-4-7-10)17-12-9-5-8-11(15)16-12/h2-9,13H,1H3,(H,16,17). The van der Waals surface area contributed by atoms with Gasteiger partial charge in [0.1, 0.15) is 5.82 Å². The topological polar surface area (TPSA) is 51.2 Å². The molecule has 0 radical (unpaired) electrons. The third-order valence-corrected chi connectivity index (χ3v) is 2.58. The fourth-order valence-corrected chi connectivity index (χ4v) is 1.68. The molecule has 1 aromatic heterocycles. The van der Waals surface area contributed by atoms with Crippen LogP contribution in [0.3, 0.4) is 0 Å². The van der Waals surface area contributed by atoms with Gasteiger partial charge in [0.05, 0.1) is 7.11 Å².